The van der Waals surface area contributed by atoms with Gasteiger partial charge in [0.25, 0.3) is 0 Å². The monoisotopic (exact) mass is 384 g/mol. The van der Waals surface area contributed by atoms with Crippen molar-refractivity contribution in [3.63, 3.8) is 0 Å². The van der Waals surface area contributed by atoms with Crippen LogP contribution in [0.2, 0.25) is 0 Å². The fourth-order valence-corrected chi connectivity index (χ4v) is 4.38. The van der Waals surface area contributed by atoms with E-state index in [4.69, 9.17) is 0 Å². The molecule has 1 aliphatic rings. The van der Waals surface area contributed by atoms with E-state index >= 15 is 0 Å². The van der Waals surface area contributed by atoms with Crippen molar-refractivity contribution >= 4 is 6.03 Å². The SMILES string of the molecule is Cc1nn(-c2ccccc2)nc1C(C)NC(=O)NC1CC(C)(C)NC(C)(C)C1. The summed E-state index contributed by atoms with van der Waals surface area (Å²) in [5.74, 6) is 0. The zero-order valence-corrected chi connectivity index (χ0v) is 17.7. The number of carbonyl (C=O) groups is 1. The van der Waals surface area contributed by atoms with Crippen molar-refractivity contribution in [2.45, 2.75) is 77.5 Å². The Balaban J connectivity index is 1.64. The van der Waals surface area contributed by atoms with E-state index in [0.29, 0.717) is 0 Å². The highest BCUT2D eigenvalue weighted by molar-refractivity contribution is 5.74. The van der Waals surface area contributed by atoms with E-state index in [0.717, 1.165) is 29.9 Å². The molecular formula is C21H32N6O. The molecule has 7 heteroatoms. The van der Waals surface area contributed by atoms with Crippen LogP contribution in [0.3, 0.4) is 0 Å². The van der Waals surface area contributed by atoms with Crippen molar-refractivity contribution in [3.05, 3.63) is 41.7 Å². The Morgan fingerprint density at radius 2 is 1.75 bits per heavy atom. The lowest BCUT2D eigenvalue weighted by Crippen LogP contribution is -2.62. The average Bonchev–Trinajstić information content (AvgIpc) is 2.94. The van der Waals surface area contributed by atoms with Crippen LogP contribution in [-0.4, -0.2) is 38.1 Å². The minimum atomic E-state index is -0.236. The minimum Gasteiger partial charge on any atom is -0.335 e. The molecule has 152 valence electrons. The number of aryl methyl sites for hydroxylation is 1. The number of nitrogens with one attached hydrogen (secondary N) is 3. The average molecular weight is 385 g/mol. The molecule has 1 fully saturated rings. The number of aromatic nitrogens is 3. The molecule has 0 radical (unpaired) electrons. The first-order valence-electron chi connectivity index (χ1n) is 9.90. The van der Waals surface area contributed by atoms with Gasteiger partial charge in [0.2, 0.25) is 0 Å². The van der Waals surface area contributed by atoms with Crippen molar-refractivity contribution in [1.29, 1.82) is 0 Å². The Bertz CT molecular complexity index is 811. The molecule has 0 saturated carbocycles. The second kappa shape index (κ2) is 7.54. The van der Waals surface area contributed by atoms with Gasteiger partial charge in [0.1, 0.15) is 5.69 Å². The zero-order chi connectivity index (χ0) is 20.5. The quantitative estimate of drug-likeness (QED) is 0.756. The van der Waals surface area contributed by atoms with Crippen molar-refractivity contribution in [2.24, 2.45) is 0 Å². The highest BCUT2D eigenvalue weighted by atomic mass is 16.2. The van der Waals surface area contributed by atoms with Gasteiger partial charge in [-0.3, -0.25) is 0 Å². The molecule has 1 atom stereocenters. The van der Waals surface area contributed by atoms with Gasteiger partial charge in [-0.15, -0.1) is 0 Å². The van der Waals surface area contributed by atoms with Crippen molar-refractivity contribution in [1.82, 2.24) is 30.9 Å². The highest BCUT2D eigenvalue weighted by Crippen LogP contribution is 2.28. The molecule has 2 aromatic rings. The van der Waals surface area contributed by atoms with E-state index in [1.165, 1.54) is 0 Å². The maximum atomic E-state index is 12.6. The van der Waals surface area contributed by atoms with Gasteiger partial charge in [-0.1, -0.05) is 18.2 Å². The second-order valence-corrected chi connectivity index (χ2v) is 9.13. The lowest BCUT2D eigenvalue weighted by atomic mass is 9.80. The fraction of sp³-hybridized carbons (Fsp3) is 0.571. The van der Waals surface area contributed by atoms with Crippen LogP contribution < -0.4 is 16.0 Å². The molecule has 0 aliphatic carbocycles. The molecule has 1 aromatic carbocycles. The first kappa shape index (κ1) is 20.3. The molecular weight excluding hydrogens is 352 g/mol. The smallest absolute Gasteiger partial charge is 0.315 e. The number of nitrogens with zero attached hydrogens (tertiary/aromatic N) is 3. The van der Waals surface area contributed by atoms with Crippen LogP contribution in [0.5, 0.6) is 0 Å². The summed E-state index contributed by atoms with van der Waals surface area (Å²) < 4.78 is 0. The normalized spacial score (nSPS) is 19.8. The Kier molecular flexibility index (Phi) is 5.48. The van der Waals surface area contributed by atoms with Crippen molar-refractivity contribution in [3.8, 4) is 5.69 Å². The molecule has 3 N–H and O–H groups in total. The summed E-state index contributed by atoms with van der Waals surface area (Å²) in [5, 5.41) is 18.9. The highest BCUT2D eigenvalue weighted by Gasteiger charge is 2.38. The van der Waals surface area contributed by atoms with E-state index in [-0.39, 0.29) is 29.2 Å². The second-order valence-electron chi connectivity index (χ2n) is 9.13. The number of hydrogen-bond acceptors (Lipinski definition) is 4. The van der Waals surface area contributed by atoms with Crippen molar-refractivity contribution in [2.75, 3.05) is 0 Å². The minimum absolute atomic E-state index is 0.0136. The number of rotatable bonds is 4. The molecule has 1 aromatic heterocycles. The van der Waals surface area contributed by atoms with Crippen LogP contribution in [-0.2, 0) is 0 Å². The molecule has 1 unspecified atom stereocenters. The summed E-state index contributed by atoms with van der Waals surface area (Å²) in [6, 6.07) is 9.48. The predicted octanol–water partition coefficient (Wildman–Crippen LogP) is 3.25. The first-order valence-corrected chi connectivity index (χ1v) is 9.90. The third-order valence-electron chi connectivity index (χ3n) is 5.09. The molecule has 1 aliphatic heterocycles. The van der Waals surface area contributed by atoms with Gasteiger partial charge in [0, 0.05) is 17.1 Å². The molecule has 7 nitrogen and oxygen atoms in total. The van der Waals surface area contributed by atoms with Crippen LogP contribution in [0.15, 0.2) is 30.3 Å². The Hall–Kier alpha value is -2.41. The summed E-state index contributed by atoms with van der Waals surface area (Å²) in [4.78, 5) is 14.2. The van der Waals surface area contributed by atoms with Gasteiger partial charge < -0.3 is 16.0 Å². The maximum absolute atomic E-state index is 12.6. The summed E-state index contributed by atoms with van der Waals surface area (Å²) in [7, 11) is 0. The lowest BCUT2D eigenvalue weighted by molar-refractivity contribution is 0.147. The maximum Gasteiger partial charge on any atom is 0.315 e. The summed E-state index contributed by atoms with van der Waals surface area (Å²) in [5.41, 5.74) is 2.44. The largest absolute Gasteiger partial charge is 0.335 e. The summed E-state index contributed by atoms with van der Waals surface area (Å²) >= 11 is 0. The van der Waals surface area contributed by atoms with Crippen LogP contribution in [0.4, 0.5) is 4.79 Å². The number of piperidine rings is 1. The van der Waals surface area contributed by atoms with Gasteiger partial charge in [0.15, 0.2) is 0 Å². The van der Waals surface area contributed by atoms with Crippen LogP contribution in [0, 0.1) is 6.92 Å². The lowest BCUT2D eigenvalue weighted by Gasteiger charge is -2.46. The Labute approximate surface area is 167 Å². The Morgan fingerprint density at radius 3 is 2.36 bits per heavy atom. The van der Waals surface area contributed by atoms with Crippen LogP contribution in [0.1, 0.15) is 64.9 Å². The van der Waals surface area contributed by atoms with E-state index in [9.17, 15) is 4.79 Å². The molecule has 2 heterocycles. The van der Waals surface area contributed by atoms with Gasteiger partial charge in [-0.25, -0.2) is 4.79 Å². The topological polar surface area (TPSA) is 83.9 Å². The summed E-state index contributed by atoms with van der Waals surface area (Å²) in [6.07, 6.45) is 1.78. The third kappa shape index (κ3) is 4.90. The van der Waals surface area contributed by atoms with Gasteiger partial charge in [-0.2, -0.15) is 15.0 Å². The molecule has 0 spiro atoms. The number of hydrogen-bond donors (Lipinski definition) is 3. The number of benzene rings is 1. The number of para-hydroxylation sites is 1. The van der Waals surface area contributed by atoms with Crippen LogP contribution in [0.25, 0.3) is 5.69 Å². The molecule has 0 bridgehead atoms. The van der Waals surface area contributed by atoms with Crippen molar-refractivity contribution < 1.29 is 4.79 Å². The van der Waals surface area contributed by atoms with Gasteiger partial charge >= 0.3 is 6.03 Å². The van der Waals surface area contributed by atoms with E-state index in [1.807, 2.05) is 44.2 Å². The zero-order valence-electron chi connectivity index (χ0n) is 17.7. The molecule has 3 rings (SSSR count). The number of carbonyl (C=O) groups excluding carboxylic acids is 1. The number of amides is 2. The predicted molar refractivity (Wildman–Crippen MR) is 110 cm³/mol. The molecule has 2 amide bonds. The first-order chi connectivity index (χ1) is 13.0. The van der Waals surface area contributed by atoms with Gasteiger partial charge in [-0.05, 0) is 66.5 Å². The molecule has 1 saturated heterocycles. The van der Waals surface area contributed by atoms with E-state index < -0.39 is 0 Å². The van der Waals surface area contributed by atoms with E-state index in [2.05, 4.69) is 53.8 Å². The molecule has 28 heavy (non-hydrogen) atoms. The van der Waals surface area contributed by atoms with Crippen LogP contribution >= 0.6 is 0 Å². The third-order valence-corrected chi connectivity index (χ3v) is 5.09. The standard InChI is InChI=1S/C21H32N6O/c1-14(18-15(2)24-27(25-18)17-10-8-7-9-11-17)22-19(28)23-16-12-20(3,4)26-21(5,6)13-16/h7-11,14,16,26H,12-13H2,1-6H3,(H2,22,23,28). The Morgan fingerprint density at radius 1 is 1.14 bits per heavy atom. The van der Waals surface area contributed by atoms with E-state index in [1.54, 1.807) is 4.80 Å². The fourth-order valence-electron chi connectivity index (χ4n) is 4.38. The van der Waals surface area contributed by atoms with Gasteiger partial charge in [0.05, 0.1) is 17.4 Å². The number of urea groups is 1. The summed E-state index contributed by atoms with van der Waals surface area (Å²) in [6.45, 7) is 12.5.